The molecule has 0 heterocycles. The number of nitrogens with two attached hydrogens (primary N) is 1. The molecule has 0 fully saturated rings. The number of hydrogen-bond donors (Lipinski definition) is 1. The maximum atomic E-state index is 5.60. The van der Waals surface area contributed by atoms with Gasteiger partial charge >= 0.3 is 0 Å². The molecule has 0 saturated heterocycles. The minimum absolute atomic E-state index is 0.576. The standard InChI is InChI=1S/C12H19NO/c1-2-3-4-8-14-12-7-5-6-11(9-12)10-13/h5-7,9H,2-4,8,10,13H2,1H3. The lowest BCUT2D eigenvalue weighted by molar-refractivity contribution is 0.306. The van der Waals surface area contributed by atoms with Gasteiger partial charge in [-0.3, -0.25) is 0 Å². The van der Waals surface area contributed by atoms with Crippen molar-refractivity contribution in [2.75, 3.05) is 6.61 Å². The van der Waals surface area contributed by atoms with E-state index in [1.165, 1.54) is 12.8 Å². The first-order chi connectivity index (χ1) is 6.86. The molecule has 0 bridgehead atoms. The molecule has 0 radical (unpaired) electrons. The van der Waals surface area contributed by atoms with Crippen LogP contribution in [0.4, 0.5) is 0 Å². The highest BCUT2D eigenvalue weighted by molar-refractivity contribution is 5.28. The Morgan fingerprint density at radius 1 is 1.29 bits per heavy atom. The minimum Gasteiger partial charge on any atom is -0.494 e. The van der Waals surface area contributed by atoms with Crippen molar-refractivity contribution >= 4 is 0 Å². The summed E-state index contributed by atoms with van der Waals surface area (Å²) < 4.78 is 5.60. The van der Waals surface area contributed by atoms with Gasteiger partial charge < -0.3 is 10.5 Å². The molecule has 2 heteroatoms. The zero-order valence-corrected chi connectivity index (χ0v) is 8.83. The van der Waals surface area contributed by atoms with Gasteiger partial charge in [-0.05, 0) is 24.1 Å². The number of unbranched alkanes of at least 4 members (excludes halogenated alkanes) is 2. The largest absolute Gasteiger partial charge is 0.494 e. The fraction of sp³-hybridized carbons (Fsp3) is 0.500. The lowest BCUT2D eigenvalue weighted by Gasteiger charge is -2.06. The summed E-state index contributed by atoms with van der Waals surface area (Å²) in [6.45, 7) is 3.57. The summed E-state index contributed by atoms with van der Waals surface area (Å²) in [7, 11) is 0. The van der Waals surface area contributed by atoms with E-state index in [2.05, 4.69) is 6.92 Å². The van der Waals surface area contributed by atoms with Crippen molar-refractivity contribution in [3.05, 3.63) is 29.8 Å². The molecule has 0 aliphatic heterocycles. The maximum absolute atomic E-state index is 5.60. The van der Waals surface area contributed by atoms with Gasteiger partial charge in [0.15, 0.2) is 0 Å². The van der Waals surface area contributed by atoms with Crippen LogP contribution in [0, 0.1) is 0 Å². The molecule has 0 atom stereocenters. The molecule has 0 unspecified atom stereocenters. The Bertz CT molecular complexity index is 260. The Labute approximate surface area is 86.1 Å². The molecular weight excluding hydrogens is 174 g/mol. The van der Waals surface area contributed by atoms with Gasteiger partial charge in [0, 0.05) is 6.54 Å². The van der Waals surface area contributed by atoms with Crippen molar-refractivity contribution in [2.24, 2.45) is 5.73 Å². The summed E-state index contributed by atoms with van der Waals surface area (Å²) in [6.07, 6.45) is 3.59. The van der Waals surface area contributed by atoms with Gasteiger partial charge in [0.1, 0.15) is 5.75 Å². The topological polar surface area (TPSA) is 35.2 Å². The predicted octanol–water partition coefficient (Wildman–Crippen LogP) is 2.71. The molecule has 2 nitrogen and oxygen atoms in total. The number of benzene rings is 1. The quantitative estimate of drug-likeness (QED) is 0.705. The van der Waals surface area contributed by atoms with Crippen LogP contribution >= 0.6 is 0 Å². The van der Waals surface area contributed by atoms with Crippen LogP contribution in [0.15, 0.2) is 24.3 Å². The lowest BCUT2D eigenvalue weighted by atomic mass is 10.2. The lowest BCUT2D eigenvalue weighted by Crippen LogP contribution is -1.99. The van der Waals surface area contributed by atoms with Crippen LogP contribution in [-0.2, 0) is 6.54 Å². The van der Waals surface area contributed by atoms with Gasteiger partial charge in [-0.2, -0.15) is 0 Å². The second-order valence-electron chi connectivity index (χ2n) is 3.41. The summed E-state index contributed by atoms with van der Waals surface area (Å²) in [6, 6.07) is 7.98. The number of hydrogen-bond acceptors (Lipinski definition) is 2. The predicted molar refractivity (Wildman–Crippen MR) is 59.4 cm³/mol. The molecule has 2 N–H and O–H groups in total. The van der Waals surface area contributed by atoms with Crippen molar-refractivity contribution < 1.29 is 4.74 Å². The van der Waals surface area contributed by atoms with E-state index >= 15 is 0 Å². The van der Waals surface area contributed by atoms with Gasteiger partial charge in [-0.1, -0.05) is 31.9 Å². The van der Waals surface area contributed by atoms with Crippen molar-refractivity contribution in [3.63, 3.8) is 0 Å². The van der Waals surface area contributed by atoms with Crippen LogP contribution in [-0.4, -0.2) is 6.61 Å². The Kier molecular flexibility index (Phi) is 5.08. The third kappa shape index (κ3) is 3.79. The maximum Gasteiger partial charge on any atom is 0.119 e. The van der Waals surface area contributed by atoms with Crippen LogP contribution < -0.4 is 10.5 Å². The monoisotopic (exact) mass is 193 g/mol. The van der Waals surface area contributed by atoms with Gasteiger partial charge in [-0.15, -0.1) is 0 Å². The second kappa shape index (κ2) is 6.44. The van der Waals surface area contributed by atoms with Crippen molar-refractivity contribution in [2.45, 2.75) is 32.7 Å². The number of rotatable bonds is 6. The normalized spacial score (nSPS) is 10.1. The Morgan fingerprint density at radius 2 is 2.14 bits per heavy atom. The van der Waals surface area contributed by atoms with E-state index in [1.807, 2.05) is 24.3 Å². The first kappa shape index (κ1) is 11.1. The Balaban J connectivity index is 2.34. The van der Waals surface area contributed by atoms with Gasteiger partial charge in [-0.25, -0.2) is 0 Å². The third-order valence-electron chi connectivity index (χ3n) is 2.15. The molecular formula is C12H19NO. The second-order valence-corrected chi connectivity index (χ2v) is 3.41. The summed E-state index contributed by atoms with van der Waals surface area (Å²) in [5, 5.41) is 0. The molecule has 1 rings (SSSR count). The molecule has 1 aromatic rings. The molecule has 0 aromatic heterocycles. The fourth-order valence-electron chi connectivity index (χ4n) is 1.30. The van der Waals surface area contributed by atoms with Crippen LogP contribution in [0.5, 0.6) is 5.75 Å². The SMILES string of the molecule is CCCCCOc1cccc(CN)c1. The van der Waals surface area contributed by atoms with Crippen LogP contribution in [0.25, 0.3) is 0 Å². The molecule has 0 amide bonds. The van der Waals surface area contributed by atoms with Crippen LogP contribution in [0.1, 0.15) is 31.7 Å². The van der Waals surface area contributed by atoms with Crippen molar-refractivity contribution in [1.82, 2.24) is 0 Å². The smallest absolute Gasteiger partial charge is 0.119 e. The average molecular weight is 193 g/mol. The average Bonchev–Trinajstić information content (AvgIpc) is 2.25. The van der Waals surface area contributed by atoms with E-state index in [0.29, 0.717) is 6.54 Å². The van der Waals surface area contributed by atoms with Crippen molar-refractivity contribution in [1.29, 1.82) is 0 Å². The van der Waals surface area contributed by atoms with Gasteiger partial charge in [0.05, 0.1) is 6.61 Å². The third-order valence-corrected chi connectivity index (χ3v) is 2.15. The molecule has 1 aromatic carbocycles. The van der Waals surface area contributed by atoms with E-state index in [9.17, 15) is 0 Å². The van der Waals surface area contributed by atoms with Gasteiger partial charge in [0.25, 0.3) is 0 Å². The molecule has 0 spiro atoms. The Morgan fingerprint density at radius 3 is 2.86 bits per heavy atom. The molecule has 78 valence electrons. The van der Waals surface area contributed by atoms with Crippen LogP contribution in [0.2, 0.25) is 0 Å². The zero-order chi connectivity index (χ0) is 10.2. The summed E-state index contributed by atoms with van der Waals surface area (Å²) in [5.41, 5.74) is 6.66. The summed E-state index contributed by atoms with van der Waals surface area (Å²) in [4.78, 5) is 0. The van der Waals surface area contributed by atoms with E-state index in [-0.39, 0.29) is 0 Å². The van der Waals surface area contributed by atoms with Crippen LogP contribution in [0.3, 0.4) is 0 Å². The highest BCUT2D eigenvalue weighted by Crippen LogP contribution is 2.13. The molecule has 0 aliphatic carbocycles. The summed E-state index contributed by atoms with van der Waals surface area (Å²) in [5.74, 6) is 0.934. The minimum atomic E-state index is 0.576. The Hall–Kier alpha value is -1.02. The van der Waals surface area contributed by atoms with E-state index in [4.69, 9.17) is 10.5 Å². The van der Waals surface area contributed by atoms with E-state index in [0.717, 1.165) is 24.3 Å². The number of ether oxygens (including phenoxy) is 1. The molecule has 0 aliphatic rings. The first-order valence-corrected chi connectivity index (χ1v) is 5.28. The first-order valence-electron chi connectivity index (χ1n) is 5.28. The zero-order valence-electron chi connectivity index (χ0n) is 8.83. The van der Waals surface area contributed by atoms with Crippen molar-refractivity contribution in [3.8, 4) is 5.75 Å². The highest BCUT2D eigenvalue weighted by atomic mass is 16.5. The van der Waals surface area contributed by atoms with Gasteiger partial charge in [0.2, 0.25) is 0 Å². The highest BCUT2D eigenvalue weighted by Gasteiger charge is 1.94. The van der Waals surface area contributed by atoms with E-state index < -0.39 is 0 Å². The molecule has 14 heavy (non-hydrogen) atoms. The fourth-order valence-corrected chi connectivity index (χ4v) is 1.30. The summed E-state index contributed by atoms with van der Waals surface area (Å²) >= 11 is 0. The molecule has 0 saturated carbocycles. The van der Waals surface area contributed by atoms with E-state index in [1.54, 1.807) is 0 Å².